The summed E-state index contributed by atoms with van der Waals surface area (Å²) < 4.78 is 68.7. The zero-order valence-electron chi connectivity index (χ0n) is 66.4. The third-order valence-corrected chi connectivity index (χ3v) is 21.8. The van der Waals surface area contributed by atoms with Gasteiger partial charge in [0, 0.05) is 25.7 Å². The Kier molecular flexibility index (Phi) is 70.9. The fourth-order valence-electron chi connectivity index (χ4n) is 12.6. The molecule has 0 aromatic rings. The van der Waals surface area contributed by atoms with Gasteiger partial charge in [0.2, 0.25) is 0 Å². The van der Waals surface area contributed by atoms with Crippen molar-refractivity contribution in [3.63, 3.8) is 0 Å². The molecule has 0 spiro atoms. The van der Waals surface area contributed by atoms with Crippen molar-refractivity contribution in [2.75, 3.05) is 39.6 Å². The van der Waals surface area contributed by atoms with Crippen LogP contribution in [0, 0.1) is 17.8 Å². The predicted octanol–water partition coefficient (Wildman–Crippen LogP) is 24.5. The summed E-state index contributed by atoms with van der Waals surface area (Å²) in [5.74, 6) is 0.205. The van der Waals surface area contributed by atoms with E-state index in [9.17, 15) is 43.2 Å². The largest absolute Gasteiger partial charge is 0.472 e. The van der Waals surface area contributed by atoms with Gasteiger partial charge in [0.15, 0.2) is 12.2 Å². The van der Waals surface area contributed by atoms with Gasteiger partial charge in [0.1, 0.15) is 19.3 Å². The van der Waals surface area contributed by atoms with E-state index in [0.717, 1.165) is 108 Å². The molecule has 0 heterocycles. The van der Waals surface area contributed by atoms with Gasteiger partial charge in [-0.15, -0.1) is 0 Å². The average molecular weight is 1480 g/mol. The number of carbonyl (C=O) groups excluding carboxylic acids is 4. The number of esters is 4. The molecule has 0 rings (SSSR count). The van der Waals surface area contributed by atoms with Crippen LogP contribution in [0.25, 0.3) is 0 Å². The molecular weight excluding hydrogens is 1320 g/mol. The summed E-state index contributed by atoms with van der Waals surface area (Å²) in [6.07, 6.45) is 61.3. The first-order chi connectivity index (χ1) is 48.8. The van der Waals surface area contributed by atoms with Crippen molar-refractivity contribution in [1.82, 2.24) is 0 Å². The fourth-order valence-corrected chi connectivity index (χ4v) is 14.2. The fraction of sp³-hybridized carbons (Fsp3) is 0.951. The van der Waals surface area contributed by atoms with Crippen molar-refractivity contribution in [3.05, 3.63) is 0 Å². The highest BCUT2D eigenvalue weighted by Gasteiger charge is 2.30. The molecule has 17 nitrogen and oxygen atoms in total. The zero-order chi connectivity index (χ0) is 74.4. The number of rotatable bonds is 80. The van der Waals surface area contributed by atoms with Gasteiger partial charge in [-0.05, 0) is 43.4 Å². The quantitative estimate of drug-likeness (QED) is 0.0222. The molecule has 0 amide bonds. The van der Waals surface area contributed by atoms with E-state index >= 15 is 0 Å². The van der Waals surface area contributed by atoms with Crippen molar-refractivity contribution < 1.29 is 80.2 Å². The first-order valence-corrected chi connectivity index (χ1v) is 45.4. The molecule has 3 N–H and O–H groups in total. The SMILES string of the molecule is CCCCCCCCCCCCCCCCCCCCC(=O)OC[C@H](COP(=O)(O)OC[C@@H](O)COP(=O)(O)OC[C@@H](COC(=O)CCCCCCCCC(C)C)OC(=O)CCCCCCCCCCC(C)CC)OC(=O)CCCCCCCCCCCCCCCCCCCCC(C)CC. The second-order valence-electron chi connectivity index (χ2n) is 30.5. The van der Waals surface area contributed by atoms with Crippen LogP contribution in [0.2, 0.25) is 0 Å². The highest BCUT2D eigenvalue weighted by molar-refractivity contribution is 7.47. The van der Waals surface area contributed by atoms with Gasteiger partial charge in [-0.2, -0.15) is 0 Å². The number of aliphatic hydroxyl groups is 1. The van der Waals surface area contributed by atoms with Crippen LogP contribution in [0.1, 0.15) is 427 Å². The van der Waals surface area contributed by atoms with E-state index in [-0.39, 0.29) is 25.7 Å². The van der Waals surface area contributed by atoms with E-state index < -0.39 is 97.5 Å². The minimum Gasteiger partial charge on any atom is -0.462 e. The molecule has 7 atom stereocenters. The Labute approximate surface area is 619 Å². The highest BCUT2D eigenvalue weighted by atomic mass is 31.2. The molecule has 19 heteroatoms. The van der Waals surface area contributed by atoms with Gasteiger partial charge in [-0.1, -0.05) is 376 Å². The number of unbranched alkanes of at least 4 members (excludes halogenated alkanes) is 46. The van der Waals surface area contributed by atoms with Crippen molar-refractivity contribution in [1.29, 1.82) is 0 Å². The van der Waals surface area contributed by atoms with Crippen molar-refractivity contribution in [2.45, 2.75) is 446 Å². The summed E-state index contributed by atoms with van der Waals surface area (Å²) in [5.41, 5.74) is 0. The first-order valence-electron chi connectivity index (χ1n) is 42.4. The number of ether oxygens (including phenoxy) is 4. The minimum atomic E-state index is -4.96. The summed E-state index contributed by atoms with van der Waals surface area (Å²) in [6, 6.07) is 0. The monoisotopic (exact) mass is 1480 g/mol. The topological polar surface area (TPSA) is 237 Å². The number of hydrogen-bond acceptors (Lipinski definition) is 15. The van der Waals surface area contributed by atoms with Crippen LogP contribution in [0.5, 0.6) is 0 Å². The van der Waals surface area contributed by atoms with Crippen LogP contribution >= 0.6 is 15.6 Å². The maximum Gasteiger partial charge on any atom is 0.472 e. The minimum absolute atomic E-state index is 0.104. The Balaban J connectivity index is 5.20. The molecule has 600 valence electrons. The van der Waals surface area contributed by atoms with E-state index in [1.165, 1.54) is 231 Å². The summed E-state index contributed by atoms with van der Waals surface area (Å²) in [7, 11) is -9.92. The van der Waals surface area contributed by atoms with E-state index in [4.69, 9.17) is 37.0 Å². The summed E-state index contributed by atoms with van der Waals surface area (Å²) in [6.45, 7) is 11.9. The number of phosphoric acid groups is 2. The lowest BCUT2D eigenvalue weighted by Gasteiger charge is -2.21. The summed E-state index contributed by atoms with van der Waals surface area (Å²) in [4.78, 5) is 73.0. The van der Waals surface area contributed by atoms with Gasteiger partial charge in [0.05, 0.1) is 26.4 Å². The lowest BCUT2D eigenvalue weighted by Crippen LogP contribution is -2.30. The van der Waals surface area contributed by atoms with E-state index in [1.807, 2.05) is 0 Å². The van der Waals surface area contributed by atoms with E-state index in [0.29, 0.717) is 31.6 Å². The van der Waals surface area contributed by atoms with Crippen LogP contribution in [0.4, 0.5) is 0 Å². The molecule has 0 fully saturated rings. The van der Waals surface area contributed by atoms with Crippen molar-refractivity contribution in [2.24, 2.45) is 17.8 Å². The number of hydrogen-bond donors (Lipinski definition) is 3. The van der Waals surface area contributed by atoms with Crippen LogP contribution in [-0.2, 0) is 65.4 Å². The summed E-state index contributed by atoms with van der Waals surface area (Å²) in [5, 5.41) is 10.6. The van der Waals surface area contributed by atoms with Gasteiger partial charge in [-0.25, -0.2) is 9.13 Å². The van der Waals surface area contributed by atoms with Crippen LogP contribution in [0.3, 0.4) is 0 Å². The predicted molar refractivity (Wildman–Crippen MR) is 414 cm³/mol. The van der Waals surface area contributed by atoms with Crippen molar-refractivity contribution in [3.8, 4) is 0 Å². The molecule has 0 aromatic heterocycles. The van der Waals surface area contributed by atoms with E-state index in [1.54, 1.807) is 0 Å². The third kappa shape index (κ3) is 73.4. The molecule has 0 aliphatic heterocycles. The molecule has 0 aliphatic rings. The summed E-state index contributed by atoms with van der Waals surface area (Å²) >= 11 is 0. The van der Waals surface area contributed by atoms with Gasteiger partial charge in [-0.3, -0.25) is 37.3 Å². The molecule has 101 heavy (non-hydrogen) atoms. The maximum atomic E-state index is 13.1. The molecule has 0 aliphatic carbocycles. The number of carbonyl (C=O) groups is 4. The Bertz CT molecular complexity index is 1960. The second-order valence-corrected chi connectivity index (χ2v) is 33.4. The maximum absolute atomic E-state index is 13.1. The smallest absolute Gasteiger partial charge is 0.462 e. The molecule has 0 saturated heterocycles. The number of phosphoric ester groups is 2. The standard InChI is InChI=1S/C82H160O17P2/c1-8-11-12-13-14-15-16-17-18-19-23-26-29-32-35-41-49-56-63-79(84)92-69-77(98-81(86)65-58-51-42-36-33-30-27-24-21-20-22-25-28-31-34-39-47-54-61-74(6)9-2)71-96-100(88,89)94-67-76(83)68-95-101(90,91)97-72-78(70-93-80(85)64-57-50-45-44-46-53-60-73(4)5)99-82(87)66-59-52-43-38-37-40-48-55-62-75(7)10-3/h73-78,83H,8-72H2,1-7H3,(H,88,89)(H,90,91)/t74?,75?,76-,77-,78-/m1/s1. The average Bonchev–Trinajstić information content (AvgIpc) is 1.02. The molecular formula is C82H160O17P2. The third-order valence-electron chi connectivity index (χ3n) is 19.9. The van der Waals surface area contributed by atoms with Gasteiger partial charge >= 0.3 is 39.5 Å². The molecule has 4 unspecified atom stereocenters. The Morgan fingerprint density at radius 1 is 0.287 bits per heavy atom. The molecule has 0 saturated carbocycles. The normalized spacial score (nSPS) is 14.5. The second kappa shape index (κ2) is 72.3. The van der Waals surface area contributed by atoms with Crippen LogP contribution in [-0.4, -0.2) is 96.7 Å². The Hall–Kier alpha value is -1.94. The van der Waals surface area contributed by atoms with Crippen molar-refractivity contribution >= 4 is 39.5 Å². The Morgan fingerprint density at radius 2 is 0.505 bits per heavy atom. The lowest BCUT2D eigenvalue weighted by atomic mass is 9.99. The molecule has 0 radical (unpaired) electrons. The zero-order valence-corrected chi connectivity index (χ0v) is 68.2. The van der Waals surface area contributed by atoms with E-state index in [2.05, 4.69) is 48.5 Å². The lowest BCUT2D eigenvalue weighted by molar-refractivity contribution is -0.161. The Morgan fingerprint density at radius 3 is 0.752 bits per heavy atom. The number of aliphatic hydroxyl groups excluding tert-OH is 1. The van der Waals surface area contributed by atoms with Gasteiger partial charge in [0.25, 0.3) is 0 Å². The molecule has 0 bridgehead atoms. The van der Waals surface area contributed by atoms with Gasteiger partial charge < -0.3 is 33.8 Å². The first kappa shape index (κ1) is 99.1. The highest BCUT2D eigenvalue weighted by Crippen LogP contribution is 2.45. The van der Waals surface area contributed by atoms with Crippen LogP contribution < -0.4 is 0 Å². The van der Waals surface area contributed by atoms with Crippen LogP contribution in [0.15, 0.2) is 0 Å². The molecule has 0 aromatic carbocycles.